The Labute approximate surface area is 216 Å². The second-order valence-corrected chi connectivity index (χ2v) is 10.1. The van der Waals surface area contributed by atoms with Crippen molar-refractivity contribution in [2.24, 2.45) is 0 Å². The Kier molecular flexibility index (Phi) is 4.80. The SMILES string of the molecule is CC1(C)c2ccccc2-c2ccc3cc(-c4nc(-c5ccccc5)nc(-c5ccccc5)n4)ccc3c21. The van der Waals surface area contributed by atoms with E-state index in [1.165, 1.54) is 33.0 Å². The molecule has 0 unspecified atom stereocenters. The largest absolute Gasteiger partial charge is 0.208 e. The molecule has 7 rings (SSSR count). The summed E-state index contributed by atoms with van der Waals surface area (Å²) in [7, 11) is 0. The minimum Gasteiger partial charge on any atom is -0.208 e. The standard InChI is InChI=1S/C34H25N3/c1-34(2)29-16-10-9-15-27(29)28-20-17-24-21-25(18-19-26(24)30(28)34)33-36-31(22-11-5-3-6-12-22)35-32(37-33)23-13-7-4-8-14-23/h3-21H,1-2H3. The molecule has 1 aromatic heterocycles. The monoisotopic (exact) mass is 475 g/mol. The molecule has 5 aromatic carbocycles. The van der Waals surface area contributed by atoms with Crippen molar-refractivity contribution in [1.82, 2.24) is 15.0 Å². The van der Waals surface area contributed by atoms with Gasteiger partial charge in [-0.05, 0) is 39.1 Å². The number of aromatic nitrogens is 3. The Hall–Kier alpha value is -4.63. The van der Waals surface area contributed by atoms with Crippen LogP contribution in [0, 0.1) is 0 Å². The second-order valence-electron chi connectivity index (χ2n) is 10.1. The number of hydrogen-bond acceptors (Lipinski definition) is 3. The van der Waals surface area contributed by atoms with E-state index >= 15 is 0 Å². The molecule has 6 aromatic rings. The molecule has 0 saturated heterocycles. The molecular weight excluding hydrogens is 450 g/mol. The Balaban J connectivity index is 1.41. The third-order valence-electron chi connectivity index (χ3n) is 7.49. The van der Waals surface area contributed by atoms with Crippen LogP contribution in [0.25, 0.3) is 56.1 Å². The van der Waals surface area contributed by atoms with Gasteiger partial charge in [0.25, 0.3) is 0 Å². The Bertz CT molecular complexity index is 1730. The highest BCUT2D eigenvalue weighted by molar-refractivity contribution is 5.98. The minimum atomic E-state index is -0.0545. The van der Waals surface area contributed by atoms with Crippen LogP contribution < -0.4 is 0 Å². The van der Waals surface area contributed by atoms with Gasteiger partial charge in [0.05, 0.1) is 0 Å². The second kappa shape index (κ2) is 8.21. The number of hydrogen-bond donors (Lipinski definition) is 0. The van der Waals surface area contributed by atoms with Crippen LogP contribution in [0.4, 0.5) is 0 Å². The lowest BCUT2D eigenvalue weighted by atomic mass is 9.80. The third kappa shape index (κ3) is 3.47. The van der Waals surface area contributed by atoms with Gasteiger partial charge in [-0.3, -0.25) is 0 Å². The van der Waals surface area contributed by atoms with E-state index in [-0.39, 0.29) is 5.41 Å². The molecular formula is C34H25N3. The Morgan fingerprint density at radius 3 is 1.70 bits per heavy atom. The molecule has 0 fully saturated rings. The molecule has 0 amide bonds. The fourth-order valence-electron chi connectivity index (χ4n) is 5.70. The highest BCUT2D eigenvalue weighted by Crippen LogP contribution is 2.51. The first kappa shape index (κ1) is 21.6. The zero-order valence-corrected chi connectivity index (χ0v) is 20.8. The highest BCUT2D eigenvalue weighted by Gasteiger charge is 2.36. The van der Waals surface area contributed by atoms with E-state index in [1.807, 2.05) is 60.7 Å². The fraction of sp³-hybridized carbons (Fsp3) is 0.0882. The first-order chi connectivity index (χ1) is 18.1. The van der Waals surface area contributed by atoms with Crippen molar-refractivity contribution in [2.45, 2.75) is 19.3 Å². The summed E-state index contributed by atoms with van der Waals surface area (Å²) in [5.74, 6) is 2.03. The summed E-state index contributed by atoms with van der Waals surface area (Å²) in [6.45, 7) is 4.66. The minimum absolute atomic E-state index is 0.0545. The molecule has 1 aliphatic rings. The molecule has 0 saturated carbocycles. The van der Waals surface area contributed by atoms with Crippen LogP contribution in [0.1, 0.15) is 25.0 Å². The fourth-order valence-corrected chi connectivity index (χ4v) is 5.70. The van der Waals surface area contributed by atoms with Crippen LogP contribution in [0.2, 0.25) is 0 Å². The maximum Gasteiger partial charge on any atom is 0.164 e. The summed E-state index contributed by atoms with van der Waals surface area (Å²) in [5, 5.41) is 2.48. The van der Waals surface area contributed by atoms with E-state index in [0.29, 0.717) is 17.5 Å². The predicted molar refractivity (Wildman–Crippen MR) is 151 cm³/mol. The van der Waals surface area contributed by atoms with Gasteiger partial charge in [0.1, 0.15) is 0 Å². The van der Waals surface area contributed by atoms with Crippen molar-refractivity contribution in [3.05, 3.63) is 126 Å². The zero-order chi connectivity index (χ0) is 25.0. The summed E-state index contributed by atoms with van der Waals surface area (Å²) < 4.78 is 0. The molecule has 0 aliphatic heterocycles. The molecule has 1 aliphatic carbocycles. The van der Waals surface area contributed by atoms with Crippen molar-refractivity contribution in [3.8, 4) is 45.3 Å². The molecule has 37 heavy (non-hydrogen) atoms. The quantitative estimate of drug-likeness (QED) is 0.258. The average Bonchev–Trinajstić information content (AvgIpc) is 3.20. The first-order valence-corrected chi connectivity index (χ1v) is 12.6. The number of fused-ring (bicyclic) bond motifs is 5. The molecule has 1 heterocycles. The van der Waals surface area contributed by atoms with E-state index in [9.17, 15) is 0 Å². The van der Waals surface area contributed by atoms with E-state index < -0.39 is 0 Å². The molecule has 0 bridgehead atoms. The Morgan fingerprint density at radius 2 is 1.05 bits per heavy atom. The maximum absolute atomic E-state index is 4.92. The first-order valence-electron chi connectivity index (χ1n) is 12.6. The van der Waals surface area contributed by atoms with Gasteiger partial charge in [-0.25, -0.2) is 15.0 Å². The van der Waals surface area contributed by atoms with Crippen molar-refractivity contribution in [2.75, 3.05) is 0 Å². The van der Waals surface area contributed by atoms with E-state index in [1.54, 1.807) is 0 Å². The summed E-state index contributed by atoms with van der Waals surface area (Å²) in [6.07, 6.45) is 0. The van der Waals surface area contributed by atoms with Gasteiger partial charge in [-0.2, -0.15) is 0 Å². The summed E-state index contributed by atoms with van der Waals surface area (Å²) >= 11 is 0. The third-order valence-corrected chi connectivity index (χ3v) is 7.49. The molecule has 3 heteroatoms. The maximum atomic E-state index is 4.92. The lowest BCUT2D eigenvalue weighted by Crippen LogP contribution is -2.15. The molecule has 0 spiro atoms. The Morgan fingerprint density at radius 1 is 0.486 bits per heavy atom. The predicted octanol–water partition coefficient (Wildman–Crippen LogP) is 8.33. The summed E-state index contributed by atoms with van der Waals surface area (Å²) in [4.78, 5) is 14.7. The van der Waals surface area contributed by atoms with Crippen LogP contribution in [0.15, 0.2) is 115 Å². The molecule has 176 valence electrons. The van der Waals surface area contributed by atoms with Crippen molar-refractivity contribution >= 4 is 10.8 Å². The van der Waals surface area contributed by atoms with E-state index in [2.05, 4.69) is 68.4 Å². The van der Waals surface area contributed by atoms with Gasteiger partial charge in [0.15, 0.2) is 17.5 Å². The summed E-state index contributed by atoms with van der Waals surface area (Å²) in [5.41, 5.74) is 8.33. The highest BCUT2D eigenvalue weighted by atomic mass is 15.0. The van der Waals surface area contributed by atoms with Crippen LogP contribution in [0.5, 0.6) is 0 Å². The topological polar surface area (TPSA) is 38.7 Å². The number of rotatable bonds is 3. The molecule has 3 nitrogen and oxygen atoms in total. The van der Waals surface area contributed by atoms with E-state index in [0.717, 1.165) is 16.7 Å². The molecule has 0 atom stereocenters. The smallest absolute Gasteiger partial charge is 0.164 e. The van der Waals surface area contributed by atoms with Crippen LogP contribution in [0.3, 0.4) is 0 Å². The van der Waals surface area contributed by atoms with Gasteiger partial charge in [-0.1, -0.05) is 123 Å². The van der Waals surface area contributed by atoms with Gasteiger partial charge in [0, 0.05) is 22.1 Å². The van der Waals surface area contributed by atoms with Crippen molar-refractivity contribution < 1.29 is 0 Å². The van der Waals surface area contributed by atoms with Crippen LogP contribution in [-0.4, -0.2) is 15.0 Å². The zero-order valence-electron chi connectivity index (χ0n) is 20.8. The average molecular weight is 476 g/mol. The normalized spacial score (nSPS) is 13.4. The van der Waals surface area contributed by atoms with Gasteiger partial charge >= 0.3 is 0 Å². The van der Waals surface area contributed by atoms with Crippen molar-refractivity contribution in [1.29, 1.82) is 0 Å². The number of benzene rings is 5. The lowest BCUT2D eigenvalue weighted by Gasteiger charge is -2.23. The van der Waals surface area contributed by atoms with E-state index in [4.69, 9.17) is 15.0 Å². The summed E-state index contributed by atoms with van der Waals surface area (Å²) in [6, 6.07) is 40.1. The van der Waals surface area contributed by atoms with Gasteiger partial charge in [0.2, 0.25) is 0 Å². The van der Waals surface area contributed by atoms with Crippen molar-refractivity contribution in [3.63, 3.8) is 0 Å². The molecule has 0 N–H and O–H groups in total. The molecule has 0 radical (unpaired) electrons. The lowest BCUT2D eigenvalue weighted by molar-refractivity contribution is 0.666. The van der Waals surface area contributed by atoms with Gasteiger partial charge < -0.3 is 0 Å². The number of nitrogens with zero attached hydrogens (tertiary/aromatic N) is 3. The van der Waals surface area contributed by atoms with Crippen LogP contribution in [-0.2, 0) is 5.41 Å². The van der Waals surface area contributed by atoms with Gasteiger partial charge in [-0.15, -0.1) is 0 Å². The van der Waals surface area contributed by atoms with Crippen LogP contribution >= 0.6 is 0 Å².